The van der Waals surface area contributed by atoms with E-state index < -0.39 is 15.8 Å². The third kappa shape index (κ3) is 3.57. The molecule has 1 fully saturated rings. The highest BCUT2D eigenvalue weighted by atomic mass is 32.2. The first-order valence-electron chi connectivity index (χ1n) is 8.00. The van der Waals surface area contributed by atoms with E-state index in [1.54, 1.807) is 35.2 Å². The van der Waals surface area contributed by atoms with Crippen molar-refractivity contribution in [1.29, 1.82) is 0 Å². The van der Waals surface area contributed by atoms with E-state index in [1.807, 2.05) is 0 Å². The van der Waals surface area contributed by atoms with Gasteiger partial charge in [-0.15, -0.1) is 0 Å². The number of halogens is 1. The van der Waals surface area contributed by atoms with Gasteiger partial charge in [0.1, 0.15) is 5.82 Å². The maximum Gasteiger partial charge on any atom is 0.243 e. The van der Waals surface area contributed by atoms with Crippen LogP contribution < -0.4 is 4.90 Å². The van der Waals surface area contributed by atoms with Gasteiger partial charge in [-0.3, -0.25) is 4.79 Å². The number of amides is 1. The summed E-state index contributed by atoms with van der Waals surface area (Å²) in [5.74, 6) is -0.389. The van der Waals surface area contributed by atoms with Crippen molar-refractivity contribution in [3.63, 3.8) is 0 Å². The lowest BCUT2D eigenvalue weighted by Crippen LogP contribution is -2.27. The van der Waals surface area contributed by atoms with Crippen molar-refractivity contribution < 1.29 is 17.6 Å². The molecule has 1 aliphatic heterocycles. The van der Waals surface area contributed by atoms with Crippen molar-refractivity contribution >= 4 is 21.6 Å². The lowest BCUT2D eigenvalue weighted by Gasteiger charge is -2.19. The molecule has 0 saturated carbocycles. The van der Waals surface area contributed by atoms with E-state index in [0.717, 1.165) is 10.7 Å². The third-order valence-corrected chi connectivity index (χ3v) is 6.10. The first-order chi connectivity index (χ1) is 11.9. The van der Waals surface area contributed by atoms with Crippen LogP contribution in [0.5, 0.6) is 0 Å². The van der Waals surface area contributed by atoms with Gasteiger partial charge in [0.15, 0.2) is 0 Å². The Labute approximate surface area is 146 Å². The molecule has 1 aliphatic rings. The highest BCUT2D eigenvalue weighted by Crippen LogP contribution is 2.24. The molecule has 0 unspecified atom stereocenters. The summed E-state index contributed by atoms with van der Waals surface area (Å²) in [5.41, 5.74) is 1.01. The predicted molar refractivity (Wildman–Crippen MR) is 93.1 cm³/mol. The van der Waals surface area contributed by atoms with Gasteiger partial charge in [-0.05, 0) is 36.8 Å². The molecule has 0 spiro atoms. The van der Waals surface area contributed by atoms with Crippen LogP contribution in [0, 0.1) is 5.82 Å². The van der Waals surface area contributed by atoms with Crippen LogP contribution in [0.4, 0.5) is 10.1 Å². The molecule has 0 aliphatic carbocycles. The average molecular weight is 362 g/mol. The molecular formula is C18H19FN2O3S. The van der Waals surface area contributed by atoms with Gasteiger partial charge in [-0.25, -0.2) is 12.8 Å². The zero-order chi connectivity index (χ0) is 18.0. The SMILES string of the molecule is CN(Cc1ccccc1F)S(=O)(=O)c1ccc(N2CCCC2=O)cc1. The summed E-state index contributed by atoms with van der Waals surface area (Å²) in [6, 6.07) is 12.3. The Morgan fingerprint density at radius 1 is 1.12 bits per heavy atom. The van der Waals surface area contributed by atoms with E-state index in [-0.39, 0.29) is 17.3 Å². The molecular weight excluding hydrogens is 343 g/mol. The fourth-order valence-electron chi connectivity index (χ4n) is 2.85. The van der Waals surface area contributed by atoms with Gasteiger partial charge >= 0.3 is 0 Å². The van der Waals surface area contributed by atoms with Crippen molar-refractivity contribution in [2.45, 2.75) is 24.3 Å². The maximum atomic E-state index is 13.7. The Balaban J connectivity index is 1.79. The van der Waals surface area contributed by atoms with E-state index >= 15 is 0 Å². The van der Waals surface area contributed by atoms with Crippen molar-refractivity contribution in [3.8, 4) is 0 Å². The number of nitrogens with zero attached hydrogens (tertiary/aromatic N) is 2. The van der Waals surface area contributed by atoms with Crippen LogP contribution in [0.25, 0.3) is 0 Å². The van der Waals surface area contributed by atoms with Crippen molar-refractivity contribution in [2.75, 3.05) is 18.5 Å². The normalized spacial score (nSPS) is 15.2. The molecule has 1 heterocycles. The zero-order valence-electron chi connectivity index (χ0n) is 13.9. The van der Waals surface area contributed by atoms with Crippen LogP contribution in [0.3, 0.4) is 0 Å². The summed E-state index contributed by atoms with van der Waals surface area (Å²) in [6.07, 6.45) is 1.33. The topological polar surface area (TPSA) is 57.7 Å². The van der Waals surface area contributed by atoms with E-state index in [2.05, 4.69) is 0 Å². The quantitative estimate of drug-likeness (QED) is 0.822. The van der Waals surface area contributed by atoms with Gasteiger partial charge in [-0.2, -0.15) is 4.31 Å². The molecule has 0 N–H and O–H groups in total. The number of sulfonamides is 1. The number of carbonyl (C=O) groups excluding carboxylic acids is 1. The predicted octanol–water partition coefficient (Wildman–Crippen LogP) is 2.77. The summed E-state index contributed by atoms with van der Waals surface area (Å²) >= 11 is 0. The summed E-state index contributed by atoms with van der Waals surface area (Å²) in [4.78, 5) is 13.5. The minimum absolute atomic E-state index is 0.0484. The number of hydrogen-bond donors (Lipinski definition) is 0. The molecule has 2 aromatic carbocycles. The molecule has 3 rings (SSSR count). The highest BCUT2D eigenvalue weighted by Gasteiger charge is 2.24. The van der Waals surface area contributed by atoms with Crippen LogP contribution in [-0.2, 0) is 21.4 Å². The largest absolute Gasteiger partial charge is 0.312 e. The second kappa shape index (κ2) is 6.93. The fraction of sp³-hybridized carbons (Fsp3) is 0.278. The highest BCUT2D eigenvalue weighted by molar-refractivity contribution is 7.89. The Bertz CT molecular complexity index is 881. The van der Waals surface area contributed by atoms with E-state index in [4.69, 9.17) is 0 Å². The number of hydrogen-bond acceptors (Lipinski definition) is 3. The number of anilines is 1. The monoisotopic (exact) mass is 362 g/mol. The summed E-state index contributed by atoms with van der Waals surface area (Å²) in [6.45, 7) is 0.597. The van der Waals surface area contributed by atoms with Crippen LogP contribution >= 0.6 is 0 Å². The van der Waals surface area contributed by atoms with Gasteiger partial charge in [0, 0.05) is 37.8 Å². The molecule has 5 nitrogen and oxygen atoms in total. The molecule has 25 heavy (non-hydrogen) atoms. The number of rotatable bonds is 5. The van der Waals surface area contributed by atoms with E-state index in [9.17, 15) is 17.6 Å². The van der Waals surface area contributed by atoms with Crippen molar-refractivity contribution in [3.05, 3.63) is 59.9 Å². The van der Waals surface area contributed by atoms with E-state index in [1.165, 1.54) is 25.2 Å². The summed E-state index contributed by atoms with van der Waals surface area (Å²) in [7, 11) is -2.33. The van der Waals surface area contributed by atoms with Crippen LogP contribution in [0.2, 0.25) is 0 Å². The molecule has 0 atom stereocenters. The van der Waals surface area contributed by atoms with Gasteiger partial charge in [0.2, 0.25) is 15.9 Å². The first-order valence-corrected chi connectivity index (χ1v) is 9.44. The summed E-state index contributed by atoms with van der Waals surface area (Å²) in [5, 5.41) is 0. The molecule has 7 heteroatoms. The van der Waals surface area contributed by atoms with Crippen LogP contribution in [-0.4, -0.2) is 32.2 Å². The Hall–Kier alpha value is -2.25. The van der Waals surface area contributed by atoms with Gasteiger partial charge in [-0.1, -0.05) is 18.2 Å². The Morgan fingerprint density at radius 2 is 1.80 bits per heavy atom. The first kappa shape index (κ1) is 17.6. The second-order valence-electron chi connectivity index (χ2n) is 6.00. The number of benzene rings is 2. The Morgan fingerprint density at radius 3 is 2.40 bits per heavy atom. The maximum absolute atomic E-state index is 13.7. The number of carbonyl (C=O) groups is 1. The minimum Gasteiger partial charge on any atom is -0.312 e. The molecule has 1 saturated heterocycles. The second-order valence-corrected chi connectivity index (χ2v) is 8.04. The van der Waals surface area contributed by atoms with Gasteiger partial charge < -0.3 is 4.90 Å². The summed E-state index contributed by atoms with van der Waals surface area (Å²) < 4.78 is 40.2. The Kier molecular flexibility index (Phi) is 4.87. The van der Waals surface area contributed by atoms with Crippen molar-refractivity contribution in [1.82, 2.24) is 4.31 Å². The average Bonchev–Trinajstić information content (AvgIpc) is 3.03. The molecule has 0 bridgehead atoms. The lowest BCUT2D eigenvalue weighted by atomic mass is 10.2. The van der Waals surface area contributed by atoms with Crippen LogP contribution in [0.15, 0.2) is 53.4 Å². The fourth-order valence-corrected chi connectivity index (χ4v) is 4.00. The zero-order valence-corrected chi connectivity index (χ0v) is 14.7. The molecule has 0 radical (unpaired) electrons. The van der Waals surface area contributed by atoms with Gasteiger partial charge in [0.25, 0.3) is 0 Å². The standard InChI is InChI=1S/C18H19FN2O3S/c1-20(13-14-5-2-3-6-17(14)19)25(23,24)16-10-8-15(9-11-16)21-12-4-7-18(21)22/h2-3,5-6,8-11H,4,7,12-13H2,1H3. The third-order valence-electron chi connectivity index (χ3n) is 4.28. The lowest BCUT2D eigenvalue weighted by molar-refractivity contribution is -0.117. The molecule has 132 valence electrons. The molecule has 0 aromatic heterocycles. The van der Waals surface area contributed by atoms with Crippen LogP contribution in [0.1, 0.15) is 18.4 Å². The molecule has 1 amide bonds. The van der Waals surface area contributed by atoms with Crippen molar-refractivity contribution in [2.24, 2.45) is 0 Å². The minimum atomic E-state index is -3.74. The smallest absolute Gasteiger partial charge is 0.243 e. The van der Waals surface area contributed by atoms with Gasteiger partial charge in [0.05, 0.1) is 4.90 Å². The molecule has 2 aromatic rings. The van der Waals surface area contributed by atoms with E-state index in [0.29, 0.717) is 24.2 Å².